The van der Waals surface area contributed by atoms with Gasteiger partial charge in [-0.2, -0.15) is 4.31 Å². The number of ether oxygens (including phenoxy) is 1. The lowest BCUT2D eigenvalue weighted by molar-refractivity contribution is -0.118. The molecule has 4 rings (SSSR count). The summed E-state index contributed by atoms with van der Waals surface area (Å²) in [6, 6.07) is 13.6. The van der Waals surface area contributed by atoms with Crippen molar-refractivity contribution in [2.45, 2.75) is 42.7 Å². The van der Waals surface area contributed by atoms with Crippen molar-refractivity contribution < 1.29 is 22.7 Å². The maximum absolute atomic E-state index is 13.0. The van der Waals surface area contributed by atoms with Crippen LogP contribution in [-0.2, 0) is 21.2 Å². The smallest absolute Gasteiger partial charge is 0.243 e. The fraction of sp³-hybridized carbons (Fsp3) is 0.385. The van der Waals surface area contributed by atoms with Crippen LogP contribution in [0, 0.1) is 0 Å². The van der Waals surface area contributed by atoms with Gasteiger partial charge in [0.2, 0.25) is 15.9 Å². The maximum atomic E-state index is 13.0. The van der Waals surface area contributed by atoms with Crippen molar-refractivity contribution in [3.63, 3.8) is 0 Å². The molecule has 1 N–H and O–H groups in total. The van der Waals surface area contributed by atoms with Crippen LogP contribution in [0.15, 0.2) is 58.6 Å². The number of hydrogen-bond acceptors (Lipinski definition) is 8. The second-order valence-electron chi connectivity index (χ2n) is 8.87. The number of ketones is 1. The van der Waals surface area contributed by atoms with E-state index >= 15 is 0 Å². The quantitative estimate of drug-likeness (QED) is 0.205. The van der Waals surface area contributed by atoms with E-state index in [4.69, 9.17) is 4.74 Å². The lowest BCUT2D eigenvalue weighted by Gasteiger charge is -2.15. The van der Waals surface area contributed by atoms with Crippen LogP contribution < -0.4 is 10.1 Å². The molecule has 1 aliphatic heterocycles. The molecule has 38 heavy (non-hydrogen) atoms. The minimum atomic E-state index is -3.53. The molecule has 0 unspecified atom stereocenters. The summed E-state index contributed by atoms with van der Waals surface area (Å²) in [6.07, 6.45) is 2.98. The molecular formula is C26H31N5O5S2. The molecule has 0 saturated carbocycles. The van der Waals surface area contributed by atoms with Gasteiger partial charge in [0, 0.05) is 44.6 Å². The number of Topliss-reactive ketones (excluding diaryl/α,β-unsaturated/α-hetero) is 1. The Balaban J connectivity index is 1.48. The van der Waals surface area contributed by atoms with Crippen LogP contribution in [0.25, 0.3) is 5.69 Å². The van der Waals surface area contributed by atoms with Gasteiger partial charge < -0.3 is 10.1 Å². The molecule has 202 valence electrons. The molecular weight excluding hydrogens is 526 g/mol. The van der Waals surface area contributed by atoms with E-state index in [1.165, 1.54) is 35.1 Å². The lowest BCUT2D eigenvalue weighted by atomic mass is 10.1. The Bertz CT molecular complexity index is 1380. The molecule has 1 aliphatic rings. The number of methoxy groups -OCH3 is 1. The summed E-state index contributed by atoms with van der Waals surface area (Å²) in [7, 11) is -1.94. The zero-order valence-electron chi connectivity index (χ0n) is 21.4. The number of nitrogens with zero attached hydrogens (tertiary/aromatic N) is 4. The van der Waals surface area contributed by atoms with E-state index in [2.05, 4.69) is 15.5 Å². The van der Waals surface area contributed by atoms with Crippen LogP contribution >= 0.6 is 11.8 Å². The molecule has 1 fully saturated rings. The fourth-order valence-corrected chi connectivity index (χ4v) is 6.56. The van der Waals surface area contributed by atoms with Crippen molar-refractivity contribution in [2.75, 3.05) is 32.5 Å². The van der Waals surface area contributed by atoms with Gasteiger partial charge in [-0.3, -0.25) is 14.2 Å². The molecule has 0 radical (unpaired) electrons. The maximum Gasteiger partial charge on any atom is 0.243 e. The van der Waals surface area contributed by atoms with Gasteiger partial charge in [0.25, 0.3) is 0 Å². The molecule has 0 aliphatic carbocycles. The lowest BCUT2D eigenvalue weighted by Crippen LogP contribution is -2.27. The molecule has 0 atom stereocenters. The first kappa shape index (κ1) is 27.8. The van der Waals surface area contributed by atoms with E-state index in [-0.39, 0.29) is 22.3 Å². The third-order valence-electron chi connectivity index (χ3n) is 6.17. The van der Waals surface area contributed by atoms with E-state index in [1.54, 1.807) is 19.2 Å². The average Bonchev–Trinajstić information content (AvgIpc) is 3.61. The van der Waals surface area contributed by atoms with Crippen LogP contribution in [0.4, 0.5) is 0 Å². The first-order chi connectivity index (χ1) is 18.3. The minimum Gasteiger partial charge on any atom is -0.497 e. The predicted octanol–water partition coefficient (Wildman–Crippen LogP) is 3.10. The second kappa shape index (κ2) is 12.5. The van der Waals surface area contributed by atoms with E-state index in [9.17, 15) is 18.0 Å². The zero-order chi connectivity index (χ0) is 27.1. The second-order valence-corrected chi connectivity index (χ2v) is 11.8. The number of nitrogens with one attached hydrogen (secondary N) is 1. The topological polar surface area (TPSA) is 123 Å². The molecule has 3 aromatic rings. The molecule has 10 nitrogen and oxygen atoms in total. The standard InChI is InChI=1S/C26H31N5O5S2/c1-19(32)27-14-6-9-25-28-29-26(31(25)21-7-5-8-22(17-21)36-2)37-18-24(33)20-10-12-23(13-11-20)38(34,35)30-15-3-4-16-30/h5,7-8,10-13,17H,3-4,6,9,14-16,18H2,1-2H3,(H,27,32). The predicted molar refractivity (Wildman–Crippen MR) is 144 cm³/mol. The highest BCUT2D eigenvalue weighted by Gasteiger charge is 2.27. The van der Waals surface area contributed by atoms with Crippen LogP contribution in [0.5, 0.6) is 5.75 Å². The first-order valence-electron chi connectivity index (χ1n) is 12.4. The van der Waals surface area contributed by atoms with Crippen LogP contribution in [0.1, 0.15) is 42.4 Å². The van der Waals surface area contributed by atoms with Crippen LogP contribution in [0.2, 0.25) is 0 Å². The number of sulfonamides is 1. The average molecular weight is 558 g/mol. The van der Waals surface area contributed by atoms with Gasteiger partial charge in [0.1, 0.15) is 11.6 Å². The van der Waals surface area contributed by atoms with Crippen molar-refractivity contribution in [1.29, 1.82) is 0 Å². The normalized spacial score (nSPS) is 13.9. The summed E-state index contributed by atoms with van der Waals surface area (Å²) < 4.78 is 34.3. The van der Waals surface area contributed by atoms with Gasteiger partial charge in [-0.05, 0) is 43.5 Å². The SMILES string of the molecule is COc1cccc(-n2c(CCCNC(C)=O)nnc2SCC(=O)c2ccc(S(=O)(=O)N3CCCC3)cc2)c1. The van der Waals surface area contributed by atoms with Crippen molar-refractivity contribution in [3.05, 3.63) is 59.9 Å². The molecule has 0 bridgehead atoms. The van der Waals surface area contributed by atoms with Crippen molar-refractivity contribution in [1.82, 2.24) is 24.4 Å². The number of amides is 1. The molecule has 1 saturated heterocycles. The summed E-state index contributed by atoms with van der Waals surface area (Å²) in [5.41, 5.74) is 1.23. The minimum absolute atomic E-state index is 0.0873. The van der Waals surface area contributed by atoms with Gasteiger partial charge in [-0.25, -0.2) is 8.42 Å². The number of rotatable bonds is 12. The van der Waals surface area contributed by atoms with E-state index in [0.29, 0.717) is 54.8 Å². The Labute approximate surface area is 226 Å². The molecule has 2 heterocycles. The Morgan fingerprint density at radius 2 is 1.82 bits per heavy atom. The third-order valence-corrected chi connectivity index (χ3v) is 9.02. The summed E-state index contributed by atoms with van der Waals surface area (Å²) in [5.74, 6) is 1.25. The Morgan fingerprint density at radius 3 is 2.50 bits per heavy atom. The van der Waals surface area contributed by atoms with Crippen LogP contribution in [0.3, 0.4) is 0 Å². The number of thioether (sulfide) groups is 1. The summed E-state index contributed by atoms with van der Waals surface area (Å²) in [5, 5.41) is 12.0. The van der Waals surface area contributed by atoms with Crippen molar-refractivity contribution >= 4 is 33.5 Å². The number of benzene rings is 2. The van der Waals surface area contributed by atoms with Gasteiger partial charge >= 0.3 is 0 Å². The number of aryl methyl sites for hydroxylation is 1. The summed E-state index contributed by atoms with van der Waals surface area (Å²) in [4.78, 5) is 24.4. The highest BCUT2D eigenvalue weighted by atomic mass is 32.2. The summed E-state index contributed by atoms with van der Waals surface area (Å²) in [6.45, 7) is 3.06. The van der Waals surface area contributed by atoms with Crippen LogP contribution in [-0.4, -0.2) is 71.7 Å². The highest BCUT2D eigenvalue weighted by molar-refractivity contribution is 7.99. The fourth-order valence-electron chi connectivity index (χ4n) is 4.18. The molecule has 2 aromatic carbocycles. The highest BCUT2D eigenvalue weighted by Crippen LogP contribution is 2.26. The Morgan fingerprint density at radius 1 is 1.08 bits per heavy atom. The van der Waals surface area contributed by atoms with E-state index in [1.807, 2.05) is 28.8 Å². The number of carbonyl (C=O) groups is 2. The molecule has 1 amide bonds. The van der Waals surface area contributed by atoms with Gasteiger partial charge in [-0.15, -0.1) is 10.2 Å². The molecule has 12 heteroatoms. The first-order valence-corrected chi connectivity index (χ1v) is 14.8. The van der Waals surface area contributed by atoms with Crippen molar-refractivity contribution in [2.24, 2.45) is 0 Å². The van der Waals surface area contributed by atoms with Gasteiger partial charge in [0.15, 0.2) is 10.9 Å². The number of aromatic nitrogens is 3. The monoisotopic (exact) mass is 557 g/mol. The Kier molecular flexibility index (Phi) is 9.18. The third kappa shape index (κ3) is 6.61. The van der Waals surface area contributed by atoms with Crippen molar-refractivity contribution in [3.8, 4) is 11.4 Å². The summed E-state index contributed by atoms with van der Waals surface area (Å²) >= 11 is 1.26. The number of hydrogen-bond donors (Lipinski definition) is 1. The van der Waals surface area contributed by atoms with E-state index < -0.39 is 10.0 Å². The zero-order valence-corrected chi connectivity index (χ0v) is 23.1. The van der Waals surface area contributed by atoms with Gasteiger partial charge in [-0.1, -0.05) is 30.0 Å². The van der Waals surface area contributed by atoms with Gasteiger partial charge in [0.05, 0.1) is 23.4 Å². The largest absolute Gasteiger partial charge is 0.497 e. The molecule has 0 spiro atoms. The van der Waals surface area contributed by atoms with E-state index in [0.717, 1.165) is 18.5 Å². The Hall–Kier alpha value is -3.22. The molecule has 1 aromatic heterocycles. The number of carbonyl (C=O) groups excluding carboxylic acids is 2.